The molecule has 0 aliphatic carbocycles. The molecule has 0 bridgehead atoms. The van der Waals surface area contributed by atoms with Crippen molar-refractivity contribution in [1.29, 1.82) is 0 Å². The molecule has 14 heavy (non-hydrogen) atoms. The molecule has 2 aromatic rings. The molecule has 0 aliphatic heterocycles. The molecule has 0 saturated carbocycles. The molecule has 0 fully saturated rings. The van der Waals surface area contributed by atoms with Gasteiger partial charge in [-0.05, 0) is 5.92 Å². The number of hydrogen-bond donors (Lipinski definition) is 2. The quantitative estimate of drug-likeness (QED) is 0.746. The Hall–Kier alpha value is -1.85. The van der Waals surface area contributed by atoms with Crippen molar-refractivity contribution in [1.82, 2.24) is 20.6 Å². The van der Waals surface area contributed by atoms with Crippen LogP contribution in [0.25, 0.3) is 11.4 Å². The van der Waals surface area contributed by atoms with Crippen LogP contribution in [0.1, 0.15) is 25.3 Å². The summed E-state index contributed by atoms with van der Waals surface area (Å²) in [7, 11) is 0. The van der Waals surface area contributed by atoms with Crippen LogP contribution in [-0.4, -0.2) is 20.6 Å². The molecule has 0 aromatic carbocycles. The van der Waals surface area contributed by atoms with Crippen LogP contribution in [-0.2, 0) is 0 Å². The number of H-pyrrole nitrogens is 1. The molecule has 2 heterocycles. The van der Waals surface area contributed by atoms with Gasteiger partial charge in [0.25, 0.3) is 0 Å². The van der Waals surface area contributed by atoms with E-state index in [0.29, 0.717) is 17.3 Å². The maximum absolute atomic E-state index is 5.66. The number of rotatable bonds is 2. The van der Waals surface area contributed by atoms with Crippen LogP contribution >= 0.6 is 0 Å². The first-order chi connectivity index (χ1) is 6.70. The Labute approximate surface area is 80.5 Å². The smallest absolute Gasteiger partial charge is 0.226 e. The molecule has 0 unspecified atom stereocenters. The molecule has 2 aromatic heterocycles. The summed E-state index contributed by atoms with van der Waals surface area (Å²) in [6.07, 6.45) is 1.59. The average molecular weight is 193 g/mol. The van der Waals surface area contributed by atoms with E-state index in [0.717, 1.165) is 5.56 Å². The molecular formula is C8H11N5O. The minimum Gasteiger partial charge on any atom is -0.367 e. The number of nitrogens with one attached hydrogen (secondary N) is 1. The number of aromatic nitrogens is 4. The molecule has 74 valence electrons. The van der Waals surface area contributed by atoms with Gasteiger partial charge in [-0.2, -0.15) is 15.4 Å². The van der Waals surface area contributed by atoms with Crippen LogP contribution in [0.4, 0.5) is 5.88 Å². The summed E-state index contributed by atoms with van der Waals surface area (Å²) in [5.74, 6) is 0.589. The van der Waals surface area contributed by atoms with Gasteiger partial charge in [0.05, 0.1) is 6.20 Å². The normalized spacial score (nSPS) is 11.1. The highest BCUT2D eigenvalue weighted by Gasteiger charge is 2.19. The van der Waals surface area contributed by atoms with E-state index in [1.807, 2.05) is 13.8 Å². The van der Waals surface area contributed by atoms with E-state index in [2.05, 4.69) is 20.6 Å². The third kappa shape index (κ3) is 1.24. The minimum absolute atomic E-state index is 0.243. The zero-order valence-electron chi connectivity index (χ0n) is 7.98. The summed E-state index contributed by atoms with van der Waals surface area (Å²) in [6.45, 7) is 4.04. The third-order valence-corrected chi connectivity index (χ3v) is 1.99. The van der Waals surface area contributed by atoms with Crippen LogP contribution in [0.2, 0.25) is 0 Å². The van der Waals surface area contributed by atoms with Gasteiger partial charge in [0.15, 0.2) is 0 Å². The van der Waals surface area contributed by atoms with Crippen molar-refractivity contribution in [2.24, 2.45) is 0 Å². The van der Waals surface area contributed by atoms with Gasteiger partial charge in [-0.15, -0.1) is 0 Å². The fourth-order valence-corrected chi connectivity index (χ4v) is 1.37. The molecule has 3 N–H and O–H groups in total. The summed E-state index contributed by atoms with van der Waals surface area (Å²) in [5, 5.41) is 14.0. The SMILES string of the molecule is CC(C)c1c(-c2cn[nH]n2)noc1N. The maximum Gasteiger partial charge on any atom is 0.226 e. The van der Waals surface area contributed by atoms with E-state index in [1.54, 1.807) is 6.20 Å². The molecular weight excluding hydrogens is 182 g/mol. The Morgan fingerprint density at radius 3 is 2.86 bits per heavy atom. The molecule has 0 radical (unpaired) electrons. The van der Waals surface area contributed by atoms with Crippen LogP contribution < -0.4 is 5.73 Å². The van der Waals surface area contributed by atoms with Gasteiger partial charge in [-0.1, -0.05) is 19.0 Å². The zero-order valence-corrected chi connectivity index (χ0v) is 7.98. The number of nitrogens with two attached hydrogens (primary N) is 1. The van der Waals surface area contributed by atoms with Crippen molar-refractivity contribution in [2.45, 2.75) is 19.8 Å². The topological polar surface area (TPSA) is 93.6 Å². The van der Waals surface area contributed by atoms with E-state index in [-0.39, 0.29) is 5.92 Å². The Bertz CT molecular complexity index is 417. The van der Waals surface area contributed by atoms with Gasteiger partial charge in [0.1, 0.15) is 11.4 Å². The first kappa shape index (κ1) is 8.74. The fourth-order valence-electron chi connectivity index (χ4n) is 1.37. The Balaban J connectivity index is 2.54. The molecule has 0 aliphatic rings. The summed E-state index contributed by atoms with van der Waals surface area (Å²) < 4.78 is 4.93. The van der Waals surface area contributed by atoms with E-state index in [1.165, 1.54) is 0 Å². The number of aromatic amines is 1. The van der Waals surface area contributed by atoms with Gasteiger partial charge in [-0.3, -0.25) is 0 Å². The average Bonchev–Trinajstić information content (AvgIpc) is 2.70. The second-order valence-corrected chi connectivity index (χ2v) is 3.32. The fraction of sp³-hybridized carbons (Fsp3) is 0.375. The van der Waals surface area contributed by atoms with Crippen molar-refractivity contribution < 1.29 is 4.52 Å². The van der Waals surface area contributed by atoms with Crippen LogP contribution in [0.3, 0.4) is 0 Å². The number of nitrogens with zero attached hydrogens (tertiary/aromatic N) is 3. The number of anilines is 1. The van der Waals surface area contributed by atoms with Crippen molar-refractivity contribution in [3.63, 3.8) is 0 Å². The van der Waals surface area contributed by atoms with Gasteiger partial charge in [-0.25, -0.2) is 0 Å². The van der Waals surface area contributed by atoms with E-state index in [4.69, 9.17) is 10.3 Å². The molecule has 0 atom stereocenters. The highest BCUT2D eigenvalue weighted by molar-refractivity contribution is 5.63. The second kappa shape index (κ2) is 3.13. The van der Waals surface area contributed by atoms with Crippen molar-refractivity contribution in [3.8, 4) is 11.4 Å². The second-order valence-electron chi connectivity index (χ2n) is 3.32. The lowest BCUT2D eigenvalue weighted by molar-refractivity contribution is 0.438. The predicted octanol–water partition coefficient (Wildman–Crippen LogP) is 1.17. The summed E-state index contributed by atoms with van der Waals surface area (Å²) in [4.78, 5) is 0. The van der Waals surface area contributed by atoms with Crippen LogP contribution in [0.15, 0.2) is 10.7 Å². The van der Waals surface area contributed by atoms with Crippen LogP contribution in [0, 0.1) is 0 Å². The molecule has 0 saturated heterocycles. The zero-order chi connectivity index (χ0) is 10.1. The summed E-state index contributed by atoms with van der Waals surface area (Å²) >= 11 is 0. The van der Waals surface area contributed by atoms with Crippen molar-refractivity contribution in [3.05, 3.63) is 11.8 Å². The lowest BCUT2D eigenvalue weighted by Gasteiger charge is -2.02. The molecule has 2 rings (SSSR count). The summed E-state index contributed by atoms with van der Waals surface area (Å²) in [5.41, 5.74) is 7.84. The Morgan fingerprint density at radius 2 is 2.29 bits per heavy atom. The lowest BCUT2D eigenvalue weighted by atomic mass is 10.0. The summed E-state index contributed by atoms with van der Waals surface area (Å²) in [6, 6.07) is 0. The standard InChI is InChI=1S/C8H11N5O/c1-4(2)6-7(12-14-8(6)9)5-3-10-13-11-5/h3-4H,9H2,1-2H3,(H,10,11,13). The Morgan fingerprint density at radius 1 is 1.50 bits per heavy atom. The first-order valence-electron chi connectivity index (χ1n) is 4.31. The highest BCUT2D eigenvalue weighted by Crippen LogP contribution is 2.31. The Kier molecular flexibility index (Phi) is 1.95. The van der Waals surface area contributed by atoms with Crippen molar-refractivity contribution in [2.75, 3.05) is 5.73 Å². The monoisotopic (exact) mass is 193 g/mol. The number of hydrogen-bond acceptors (Lipinski definition) is 5. The predicted molar refractivity (Wildman–Crippen MR) is 50.4 cm³/mol. The van der Waals surface area contributed by atoms with Gasteiger partial charge in [0.2, 0.25) is 5.88 Å². The molecule has 6 nitrogen and oxygen atoms in total. The van der Waals surface area contributed by atoms with Gasteiger partial charge in [0, 0.05) is 5.56 Å². The molecule has 6 heteroatoms. The maximum atomic E-state index is 5.66. The first-order valence-corrected chi connectivity index (χ1v) is 4.31. The molecule has 0 amide bonds. The third-order valence-electron chi connectivity index (χ3n) is 1.99. The lowest BCUT2D eigenvalue weighted by Crippen LogP contribution is -1.94. The molecule has 0 spiro atoms. The highest BCUT2D eigenvalue weighted by atomic mass is 16.5. The van der Waals surface area contributed by atoms with Crippen molar-refractivity contribution >= 4 is 5.88 Å². The van der Waals surface area contributed by atoms with Gasteiger partial charge < -0.3 is 10.3 Å². The van der Waals surface area contributed by atoms with Crippen LogP contribution in [0.5, 0.6) is 0 Å². The van der Waals surface area contributed by atoms with E-state index in [9.17, 15) is 0 Å². The largest absolute Gasteiger partial charge is 0.367 e. The van der Waals surface area contributed by atoms with Gasteiger partial charge >= 0.3 is 0 Å². The minimum atomic E-state index is 0.243. The number of nitrogen functional groups attached to an aromatic ring is 1. The van der Waals surface area contributed by atoms with E-state index >= 15 is 0 Å². The van der Waals surface area contributed by atoms with E-state index < -0.39 is 0 Å².